The summed E-state index contributed by atoms with van der Waals surface area (Å²) in [5.41, 5.74) is 1.72. The van der Waals surface area contributed by atoms with E-state index < -0.39 is 27.7 Å². The molecule has 0 bridgehead atoms. The highest BCUT2D eigenvalue weighted by atomic mass is 32.2. The number of nitrogens with one attached hydrogen (secondary N) is 1. The summed E-state index contributed by atoms with van der Waals surface area (Å²) < 4.78 is 25.3. The molecule has 0 fully saturated rings. The Balaban J connectivity index is 2.00. The molecule has 0 amide bonds. The first kappa shape index (κ1) is 18.4. The van der Waals surface area contributed by atoms with Crippen molar-refractivity contribution in [3.63, 3.8) is 0 Å². The van der Waals surface area contributed by atoms with Crippen molar-refractivity contribution < 1.29 is 18.5 Å². The zero-order valence-corrected chi connectivity index (χ0v) is 15.0. The first-order valence-electron chi connectivity index (χ1n) is 7.73. The van der Waals surface area contributed by atoms with Crippen LogP contribution in [0.2, 0.25) is 0 Å². The van der Waals surface area contributed by atoms with E-state index in [1.807, 2.05) is 45.1 Å². The van der Waals surface area contributed by atoms with Gasteiger partial charge in [0.05, 0.1) is 15.7 Å². The number of ether oxygens (including phenoxy) is 2. The Kier molecular flexibility index (Phi) is 5.96. The molecule has 24 heavy (non-hydrogen) atoms. The molecular formula is C18H23NO4S. The van der Waals surface area contributed by atoms with E-state index in [1.54, 1.807) is 6.08 Å². The zero-order valence-electron chi connectivity index (χ0n) is 14.2. The quantitative estimate of drug-likeness (QED) is 0.455. The summed E-state index contributed by atoms with van der Waals surface area (Å²) in [5.74, 6) is 0.326. The lowest BCUT2D eigenvalue weighted by atomic mass is 10.1. The van der Waals surface area contributed by atoms with Crippen molar-refractivity contribution >= 4 is 17.0 Å². The third-order valence-corrected chi connectivity index (χ3v) is 4.97. The highest BCUT2D eigenvalue weighted by Gasteiger charge is 2.27. The van der Waals surface area contributed by atoms with Crippen LogP contribution in [0.25, 0.3) is 0 Å². The van der Waals surface area contributed by atoms with Crippen molar-refractivity contribution in [2.45, 2.75) is 38.0 Å². The normalized spacial score (nSPS) is 20.5. The van der Waals surface area contributed by atoms with E-state index in [1.165, 1.54) is 6.26 Å². The second-order valence-electron chi connectivity index (χ2n) is 6.48. The van der Waals surface area contributed by atoms with E-state index in [4.69, 9.17) is 9.47 Å². The van der Waals surface area contributed by atoms with Gasteiger partial charge in [-0.05, 0) is 39.3 Å². The van der Waals surface area contributed by atoms with Crippen molar-refractivity contribution in [1.29, 1.82) is 0 Å². The molecule has 0 spiro atoms. The van der Waals surface area contributed by atoms with Crippen LogP contribution < -0.4 is 4.72 Å². The van der Waals surface area contributed by atoms with Gasteiger partial charge in [0.2, 0.25) is 0 Å². The zero-order chi connectivity index (χ0) is 17.7. The van der Waals surface area contributed by atoms with E-state index in [0.29, 0.717) is 13.0 Å². The molecule has 2 aliphatic rings. The number of hydrogen-bond acceptors (Lipinski definition) is 4. The molecule has 1 heterocycles. The van der Waals surface area contributed by atoms with Gasteiger partial charge in [-0.3, -0.25) is 0 Å². The molecule has 1 N–H and O–H groups in total. The Labute approximate surface area is 145 Å². The van der Waals surface area contributed by atoms with Gasteiger partial charge < -0.3 is 9.47 Å². The van der Waals surface area contributed by atoms with Gasteiger partial charge in [-0.15, -0.1) is 6.58 Å². The molecule has 0 aromatic rings. The van der Waals surface area contributed by atoms with E-state index in [0.717, 1.165) is 16.9 Å². The number of carbonyl (C=O) groups is 1. The smallest absolute Gasteiger partial charge is 0.329 e. The SMILES string of the molecule is C=CC[C@@H](N[S@](=O)C(C)(C)C)C(=O)O/C=C1\C=C2C=CC=C2OC1. The Morgan fingerprint density at radius 2 is 2.29 bits per heavy atom. The predicted octanol–water partition coefficient (Wildman–Crippen LogP) is 2.82. The fourth-order valence-electron chi connectivity index (χ4n) is 2.02. The van der Waals surface area contributed by atoms with E-state index in [9.17, 15) is 9.00 Å². The molecule has 130 valence electrons. The minimum absolute atomic E-state index is 0.330. The first-order valence-corrected chi connectivity index (χ1v) is 8.88. The summed E-state index contributed by atoms with van der Waals surface area (Å²) in [6.07, 6.45) is 10.9. The lowest BCUT2D eigenvalue weighted by Crippen LogP contribution is -2.44. The number of carbonyl (C=O) groups excluding carboxylic acids is 1. The third-order valence-electron chi connectivity index (χ3n) is 3.36. The molecule has 0 aromatic carbocycles. The van der Waals surface area contributed by atoms with E-state index in [2.05, 4.69) is 11.3 Å². The Morgan fingerprint density at radius 3 is 2.96 bits per heavy atom. The third kappa shape index (κ3) is 4.79. The molecule has 0 unspecified atom stereocenters. The van der Waals surface area contributed by atoms with Gasteiger partial charge in [-0.1, -0.05) is 18.2 Å². The summed E-state index contributed by atoms with van der Waals surface area (Å²) in [5, 5.41) is 0. The molecular weight excluding hydrogens is 326 g/mol. The van der Waals surface area contributed by atoms with Crippen molar-refractivity contribution in [1.82, 2.24) is 4.72 Å². The van der Waals surface area contributed by atoms with Gasteiger partial charge in [-0.2, -0.15) is 0 Å². The van der Waals surface area contributed by atoms with Crippen molar-refractivity contribution in [2.75, 3.05) is 6.61 Å². The van der Waals surface area contributed by atoms with Gasteiger partial charge in [0.25, 0.3) is 0 Å². The van der Waals surface area contributed by atoms with Crippen LogP contribution in [0.1, 0.15) is 27.2 Å². The van der Waals surface area contributed by atoms with Gasteiger partial charge >= 0.3 is 5.97 Å². The Bertz CT molecular complexity index is 665. The molecule has 0 aromatic heterocycles. The average Bonchev–Trinajstić information content (AvgIpc) is 2.98. The van der Waals surface area contributed by atoms with Crippen LogP contribution in [-0.2, 0) is 25.3 Å². The minimum Gasteiger partial charge on any atom is -0.488 e. The van der Waals surface area contributed by atoms with Crippen LogP contribution in [0.5, 0.6) is 0 Å². The number of rotatable bonds is 6. The van der Waals surface area contributed by atoms with Gasteiger partial charge in [0.15, 0.2) is 0 Å². The van der Waals surface area contributed by atoms with Gasteiger partial charge in [0.1, 0.15) is 24.7 Å². The molecule has 2 rings (SSSR count). The number of esters is 1. The molecule has 1 aliphatic carbocycles. The second kappa shape index (κ2) is 7.77. The fraction of sp³-hybridized carbons (Fsp3) is 0.389. The van der Waals surface area contributed by atoms with Crippen LogP contribution >= 0.6 is 0 Å². The van der Waals surface area contributed by atoms with Crippen LogP contribution in [0.4, 0.5) is 0 Å². The van der Waals surface area contributed by atoms with Crippen molar-refractivity contribution in [3.05, 3.63) is 60.1 Å². The maximum atomic E-state index is 12.3. The van der Waals surface area contributed by atoms with Crippen molar-refractivity contribution in [3.8, 4) is 0 Å². The highest BCUT2D eigenvalue weighted by Crippen LogP contribution is 2.26. The van der Waals surface area contributed by atoms with Crippen molar-refractivity contribution in [2.24, 2.45) is 0 Å². The Morgan fingerprint density at radius 1 is 1.54 bits per heavy atom. The summed E-state index contributed by atoms with van der Waals surface area (Å²) in [6, 6.07) is -0.710. The summed E-state index contributed by atoms with van der Waals surface area (Å²) in [4.78, 5) is 12.3. The van der Waals surface area contributed by atoms with E-state index in [-0.39, 0.29) is 0 Å². The molecule has 0 saturated carbocycles. The van der Waals surface area contributed by atoms with E-state index >= 15 is 0 Å². The molecule has 0 radical (unpaired) electrons. The number of hydrogen-bond donors (Lipinski definition) is 1. The van der Waals surface area contributed by atoms with Gasteiger partial charge in [-0.25, -0.2) is 13.7 Å². The molecule has 0 saturated heterocycles. The summed E-state index contributed by atoms with van der Waals surface area (Å²) in [7, 11) is -1.37. The standard InChI is InChI=1S/C18H23NO4S/c1-5-7-15(19-24(21)18(2,3)4)17(20)23-12-13-10-14-8-6-9-16(14)22-11-13/h5-6,8-10,12,15,19H,1,7,11H2,2-4H3/b13-12+/t15-,24-/m1/s1. The molecule has 5 nitrogen and oxygen atoms in total. The predicted molar refractivity (Wildman–Crippen MR) is 95.1 cm³/mol. The fourth-order valence-corrected chi connectivity index (χ4v) is 2.82. The molecule has 6 heteroatoms. The second-order valence-corrected chi connectivity index (χ2v) is 8.48. The van der Waals surface area contributed by atoms with Crippen LogP contribution in [0.3, 0.4) is 0 Å². The maximum absolute atomic E-state index is 12.3. The Hall–Kier alpha value is -1.92. The lowest BCUT2D eigenvalue weighted by Gasteiger charge is -2.22. The highest BCUT2D eigenvalue weighted by molar-refractivity contribution is 7.84. The van der Waals surface area contributed by atoms with Crippen LogP contribution in [0.15, 0.2) is 60.1 Å². The minimum atomic E-state index is -1.37. The first-order chi connectivity index (χ1) is 11.3. The summed E-state index contributed by atoms with van der Waals surface area (Å²) >= 11 is 0. The molecule has 1 aliphatic heterocycles. The topological polar surface area (TPSA) is 64.6 Å². The summed E-state index contributed by atoms with van der Waals surface area (Å²) in [6.45, 7) is 9.48. The average molecular weight is 349 g/mol. The largest absolute Gasteiger partial charge is 0.488 e. The molecule has 2 atom stereocenters. The van der Waals surface area contributed by atoms with Gasteiger partial charge in [0, 0.05) is 11.1 Å². The number of allylic oxidation sites excluding steroid dienone is 3. The monoisotopic (exact) mass is 349 g/mol. The van der Waals surface area contributed by atoms with Crippen LogP contribution in [-0.4, -0.2) is 27.6 Å². The lowest BCUT2D eigenvalue weighted by molar-refractivity contribution is -0.139. The maximum Gasteiger partial charge on any atom is 0.329 e. The number of fused-ring (bicyclic) bond motifs is 1. The van der Waals surface area contributed by atoms with Crippen LogP contribution in [0, 0.1) is 0 Å².